The number of anilines is 1. The third-order valence-corrected chi connectivity index (χ3v) is 6.48. The maximum Gasteiger partial charge on any atom is 0.335 e. The Morgan fingerprint density at radius 3 is 2.31 bits per heavy atom. The van der Waals surface area contributed by atoms with Gasteiger partial charge in [0, 0.05) is 5.02 Å². The van der Waals surface area contributed by atoms with E-state index in [9.17, 15) is 14.4 Å². The average molecular weight is 617 g/mol. The largest absolute Gasteiger partial charge is 0.493 e. The van der Waals surface area contributed by atoms with Crippen molar-refractivity contribution in [3.63, 3.8) is 0 Å². The number of amides is 4. The molecule has 0 aliphatic carbocycles. The number of nitrogens with one attached hydrogen (secondary N) is 1. The Balaban J connectivity index is 1.65. The fourth-order valence-corrected chi connectivity index (χ4v) is 4.74. The molecule has 3 aromatic carbocycles. The Kier molecular flexibility index (Phi) is 7.65. The smallest absolute Gasteiger partial charge is 0.335 e. The standard InChI is InChI=1S/C27H22ClIN2O5/c1-15-8-16(2)10-20(9-15)31-26(33)21(25(32)30-27(31)34)11-18-12-22(29)24(23(13-18)35-3)36-14-17-4-6-19(28)7-5-17/h4-13H,14H2,1-3H3,(H,30,32,34). The molecule has 3 aromatic rings. The topological polar surface area (TPSA) is 84.9 Å². The molecule has 7 nitrogen and oxygen atoms in total. The van der Waals surface area contributed by atoms with Gasteiger partial charge in [0.05, 0.1) is 16.4 Å². The minimum absolute atomic E-state index is 0.165. The second kappa shape index (κ2) is 10.7. The van der Waals surface area contributed by atoms with E-state index in [1.54, 1.807) is 36.4 Å². The van der Waals surface area contributed by atoms with Crippen LogP contribution < -0.4 is 19.7 Å². The molecule has 4 amide bonds. The number of urea groups is 1. The highest BCUT2D eigenvalue weighted by molar-refractivity contribution is 14.1. The summed E-state index contributed by atoms with van der Waals surface area (Å²) in [7, 11) is 1.51. The molecule has 4 rings (SSSR count). The van der Waals surface area contributed by atoms with Crippen LogP contribution in [0.3, 0.4) is 0 Å². The highest BCUT2D eigenvalue weighted by atomic mass is 127. The zero-order chi connectivity index (χ0) is 26.0. The summed E-state index contributed by atoms with van der Waals surface area (Å²) in [6.07, 6.45) is 1.44. The van der Waals surface area contributed by atoms with Crippen LogP contribution in [-0.2, 0) is 16.2 Å². The van der Waals surface area contributed by atoms with Crippen LogP contribution in [0.25, 0.3) is 6.08 Å². The van der Waals surface area contributed by atoms with Crippen LogP contribution in [0.2, 0.25) is 5.02 Å². The molecule has 184 valence electrons. The van der Waals surface area contributed by atoms with E-state index in [1.807, 2.05) is 32.0 Å². The molecule has 1 aliphatic heterocycles. The van der Waals surface area contributed by atoms with E-state index >= 15 is 0 Å². The third-order valence-electron chi connectivity index (χ3n) is 5.43. The molecule has 0 bridgehead atoms. The number of barbiturate groups is 1. The first-order chi connectivity index (χ1) is 17.2. The normalized spacial score (nSPS) is 14.8. The van der Waals surface area contributed by atoms with Crippen molar-refractivity contribution in [2.75, 3.05) is 12.0 Å². The number of aryl methyl sites for hydroxylation is 2. The highest BCUT2D eigenvalue weighted by Gasteiger charge is 2.37. The van der Waals surface area contributed by atoms with Gasteiger partial charge in [-0.15, -0.1) is 0 Å². The average Bonchev–Trinajstić information content (AvgIpc) is 2.81. The van der Waals surface area contributed by atoms with Crippen LogP contribution in [-0.4, -0.2) is 25.0 Å². The van der Waals surface area contributed by atoms with Gasteiger partial charge in [0.2, 0.25) is 0 Å². The van der Waals surface area contributed by atoms with E-state index in [-0.39, 0.29) is 5.57 Å². The minimum atomic E-state index is -0.787. The molecule has 0 unspecified atom stereocenters. The van der Waals surface area contributed by atoms with E-state index in [0.29, 0.717) is 34.4 Å². The van der Waals surface area contributed by atoms with Gasteiger partial charge in [-0.2, -0.15) is 0 Å². The number of ether oxygens (including phenoxy) is 2. The lowest BCUT2D eigenvalue weighted by atomic mass is 10.0. The van der Waals surface area contributed by atoms with Gasteiger partial charge < -0.3 is 9.47 Å². The highest BCUT2D eigenvalue weighted by Crippen LogP contribution is 2.35. The number of rotatable bonds is 6. The second-order valence-electron chi connectivity index (χ2n) is 8.25. The number of benzene rings is 3. The van der Waals surface area contributed by atoms with Crippen molar-refractivity contribution < 1.29 is 23.9 Å². The van der Waals surface area contributed by atoms with Crippen LogP contribution in [0.15, 0.2) is 60.2 Å². The number of carbonyl (C=O) groups is 3. The lowest BCUT2D eigenvalue weighted by molar-refractivity contribution is -0.122. The first-order valence-corrected chi connectivity index (χ1v) is 12.4. The van der Waals surface area contributed by atoms with E-state index in [4.69, 9.17) is 21.1 Å². The SMILES string of the molecule is COc1cc(C=C2C(=O)NC(=O)N(c3cc(C)cc(C)c3)C2=O)cc(I)c1OCc1ccc(Cl)cc1. The molecule has 0 atom stereocenters. The molecule has 36 heavy (non-hydrogen) atoms. The van der Waals surface area contributed by atoms with Gasteiger partial charge in [-0.3, -0.25) is 14.9 Å². The molecule has 0 saturated carbocycles. The van der Waals surface area contributed by atoms with Crippen LogP contribution >= 0.6 is 34.2 Å². The Hall–Kier alpha value is -3.37. The van der Waals surface area contributed by atoms with Gasteiger partial charge in [0.15, 0.2) is 11.5 Å². The Bertz CT molecular complexity index is 1380. The van der Waals surface area contributed by atoms with Crippen LogP contribution in [0.5, 0.6) is 11.5 Å². The molecule has 9 heteroatoms. The Labute approximate surface area is 227 Å². The van der Waals surface area contributed by atoms with Gasteiger partial charge in [-0.05, 0) is 101 Å². The summed E-state index contributed by atoms with van der Waals surface area (Å²) in [6.45, 7) is 4.04. The van der Waals surface area contributed by atoms with Gasteiger partial charge >= 0.3 is 6.03 Å². The van der Waals surface area contributed by atoms with Crippen molar-refractivity contribution >= 4 is 63.8 Å². The number of hydrogen-bond donors (Lipinski definition) is 1. The van der Waals surface area contributed by atoms with Crippen molar-refractivity contribution in [2.45, 2.75) is 20.5 Å². The summed E-state index contributed by atoms with van der Waals surface area (Å²) in [4.78, 5) is 39.4. The van der Waals surface area contributed by atoms with Gasteiger partial charge in [-0.1, -0.05) is 29.8 Å². The number of carbonyl (C=O) groups excluding carboxylic acids is 3. The summed E-state index contributed by atoms with van der Waals surface area (Å²) in [5.41, 5.74) is 3.49. The van der Waals surface area contributed by atoms with Crippen LogP contribution in [0.4, 0.5) is 10.5 Å². The van der Waals surface area contributed by atoms with Gasteiger partial charge in [0.1, 0.15) is 12.2 Å². The van der Waals surface area contributed by atoms with Crippen LogP contribution in [0.1, 0.15) is 22.3 Å². The van der Waals surface area contributed by atoms with E-state index in [1.165, 1.54) is 13.2 Å². The number of methoxy groups -OCH3 is 1. The van der Waals surface area contributed by atoms with Crippen molar-refractivity contribution in [3.8, 4) is 11.5 Å². The Morgan fingerprint density at radius 1 is 1.00 bits per heavy atom. The molecule has 0 radical (unpaired) electrons. The Morgan fingerprint density at radius 2 is 1.67 bits per heavy atom. The molecule has 0 spiro atoms. The van der Waals surface area contributed by atoms with Crippen molar-refractivity contribution in [1.29, 1.82) is 0 Å². The summed E-state index contributed by atoms with van der Waals surface area (Å²) in [6, 6.07) is 15.3. The summed E-state index contributed by atoms with van der Waals surface area (Å²) < 4.78 is 12.2. The van der Waals surface area contributed by atoms with Gasteiger partial charge in [-0.25, -0.2) is 9.69 Å². The van der Waals surface area contributed by atoms with Crippen LogP contribution in [0, 0.1) is 17.4 Å². The number of halogens is 2. The zero-order valence-electron chi connectivity index (χ0n) is 19.7. The molecule has 1 N–H and O–H groups in total. The molecule has 1 fully saturated rings. The monoisotopic (exact) mass is 616 g/mol. The van der Waals surface area contributed by atoms with Crippen molar-refractivity contribution in [2.24, 2.45) is 0 Å². The molecule has 1 heterocycles. The predicted octanol–water partition coefficient (Wildman–Crippen LogP) is 5.82. The fourth-order valence-electron chi connectivity index (χ4n) is 3.84. The first-order valence-electron chi connectivity index (χ1n) is 10.9. The molecular weight excluding hydrogens is 595 g/mol. The first kappa shape index (κ1) is 25.7. The summed E-state index contributed by atoms with van der Waals surface area (Å²) in [5.74, 6) is -0.497. The van der Waals surface area contributed by atoms with Gasteiger partial charge in [0.25, 0.3) is 11.8 Å². The maximum absolute atomic E-state index is 13.3. The number of hydrogen-bond acceptors (Lipinski definition) is 5. The lowest BCUT2D eigenvalue weighted by Gasteiger charge is -2.27. The molecule has 0 aromatic heterocycles. The van der Waals surface area contributed by atoms with E-state index < -0.39 is 17.8 Å². The molecule has 1 saturated heterocycles. The second-order valence-corrected chi connectivity index (χ2v) is 9.85. The maximum atomic E-state index is 13.3. The molecule has 1 aliphatic rings. The minimum Gasteiger partial charge on any atom is -0.493 e. The fraction of sp³-hybridized carbons (Fsp3) is 0.148. The van der Waals surface area contributed by atoms with Crippen molar-refractivity contribution in [3.05, 3.63) is 91.0 Å². The summed E-state index contributed by atoms with van der Waals surface area (Å²) >= 11 is 8.05. The zero-order valence-corrected chi connectivity index (χ0v) is 22.6. The number of imide groups is 2. The number of nitrogens with zero attached hydrogens (tertiary/aromatic N) is 1. The molecular formula is C27H22ClIN2O5. The van der Waals surface area contributed by atoms with Crippen molar-refractivity contribution in [1.82, 2.24) is 5.32 Å². The quantitative estimate of drug-likeness (QED) is 0.215. The van der Waals surface area contributed by atoms with E-state index in [2.05, 4.69) is 27.9 Å². The lowest BCUT2D eigenvalue weighted by Crippen LogP contribution is -2.54. The third kappa shape index (κ3) is 5.55. The predicted molar refractivity (Wildman–Crippen MR) is 146 cm³/mol. The summed E-state index contributed by atoms with van der Waals surface area (Å²) in [5, 5.41) is 2.90. The van der Waals surface area contributed by atoms with E-state index in [0.717, 1.165) is 25.2 Å².